The fourth-order valence-electron chi connectivity index (χ4n) is 3.26. The molecular formula is C16H22N2O. The molecule has 0 spiro atoms. The topological polar surface area (TPSA) is 45.9 Å². The van der Waals surface area contributed by atoms with Gasteiger partial charge in [-0.05, 0) is 49.1 Å². The normalized spacial score (nSPS) is 25.6. The summed E-state index contributed by atoms with van der Waals surface area (Å²) in [4.78, 5) is 4.23. The van der Waals surface area contributed by atoms with Crippen LogP contribution in [0.1, 0.15) is 51.2 Å². The van der Waals surface area contributed by atoms with Crippen LogP contribution in [0, 0.1) is 29.6 Å². The van der Waals surface area contributed by atoms with E-state index in [4.69, 9.17) is 4.74 Å². The van der Waals surface area contributed by atoms with Gasteiger partial charge in [0.25, 0.3) is 0 Å². The Bertz CT molecular complexity index is 502. The summed E-state index contributed by atoms with van der Waals surface area (Å²) < 4.78 is 6.03. The molecule has 1 fully saturated rings. The van der Waals surface area contributed by atoms with Crippen molar-refractivity contribution in [3.63, 3.8) is 0 Å². The first-order valence-electron chi connectivity index (χ1n) is 6.93. The second-order valence-electron chi connectivity index (χ2n) is 6.57. The van der Waals surface area contributed by atoms with E-state index in [2.05, 4.69) is 31.8 Å². The molecule has 0 aliphatic heterocycles. The maximum Gasteiger partial charge on any atom is 0.232 e. The Morgan fingerprint density at radius 1 is 1.42 bits per heavy atom. The van der Waals surface area contributed by atoms with Crippen molar-refractivity contribution in [2.75, 3.05) is 0 Å². The van der Waals surface area contributed by atoms with Crippen LogP contribution in [-0.4, -0.2) is 11.1 Å². The lowest BCUT2D eigenvalue weighted by molar-refractivity contribution is 0.0530. The Kier molecular flexibility index (Phi) is 3.80. The van der Waals surface area contributed by atoms with E-state index in [1.807, 2.05) is 13.0 Å². The van der Waals surface area contributed by atoms with Crippen molar-refractivity contribution in [3.05, 3.63) is 23.4 Å². The van der Waals surface area contributed by atoms with E-state index in [0.29, 0.717) is 22.8 Å². The zero-order valence-electron chi connectivity index (χ0n) is 12.2. The van der Waals surface area contributed by atoms with E-state index in [0.717, 1.165) is 18.4 Å². The Balaban J connectivity index is 2.18. The molecule has 0 bridgehead atoms. The molecule has 3 heteroatoms. The van der Waals surface area contributed by atoms with Crippen LogP contribution in [0.5, 0.6) is 5.88 Å². The van der Waals surface area contributed by atoms with Crippen LogP contribution in [0.4, 0.5) is 0 Å². The first kappa shape index (κ1) is 13.9. The van der Waals surface area contributed by atoms with Crippen LogP contribution < -0.4 is 4.74 Å². The van der Waals surface area contributed by atoms with Crippen LogP contribution in [0.15, 0.2) is 12.3 Å². The molecule has 19 heavy (non-hydrogen) atoms. The summed E-state index contributed by atoms with van der Waals surface area (Å²) in [6.07, 6.45) is 5.18. The monoisotopic (exact) mass is 258 g/mol. The van der Waals surface area contributed by atoms with Gasteiger partial charge in [-0.15, -0.1) is 0 Å². The summed E-state index contributed by atoms with van der Waals surface area (Å²) >= 11 is 0. The van der Waals surface area contributed by atoms with Crippen LogP contribution in [-0.2, 0) is 0 Å². The third-order valence-corrected chi connectivity index (χ3v) is 3.86. The Labute approximate surface area is 115 Å². The Morgan fingerprint density at radius 2 is 2.16 bits per heavy atom. The standard InChI is InChI=1S/C16H22N2O/c1-11-7-13(9-16(3,4)8-11)19-15-14(10-17)12(2)5-6-18-15/h5-6,11,13H,7-9H2,1-4H3. The summed E-state index contributed by atoms with van der Waals surface area (Å²) in [6.45, 7) is 8.76. The molecule has 0 aromatic carbocycles. The van der Waals surface area contributed by atoms with Crippen LogP contribution in [0.25, 0.3) is 0 Å². The number of nitriles is 1. The molecule has 102 valence electrons. The van der Waals surface area contributed by atoms with Gasteiger partial charge in [0.05, 0.1) is 0 Å². The van der Waals surface area contributed by atoms with Gasteiger partial charge in [0.15, 0.2) is 0 Å². The molecule has 1 aliphatic carbocycles. The number of hydrogen-bond donors (Lipinski definition) is 0. The minimum Gasteiger partial charge on any atom is -0.473 e. The van der Waals surface area contributed by atoms with Crippen molar-refractivity contribution in [2.45, 2.75) is 53.1 Å². The molecule has 0 radical (unpaired) electrons. The lowest BCUT2D eigenvalue weighted by atomic mass is 9.71. The molecule has 1 aromatic rings. The molecule has 0 N–H and O–H groups in total. The molecule has 2 rings (SSSR count). The molecular weight excluding hydrogens is 236 g/mol. The lowest BCUT2D eigenvalue weighted by Crippen LogP contribution is -2.34. The van der Waals surface area contributed by atoms with E-state index >= 15 is 0 Å². The van der Waals surface area contributed by atoms with Gasteiger partial charge < -0.3 is 4.74 Å². The maximum atomic E-state index is 9.21. The van der Waals surface area contributed by atoms with Crippen molar-refractivity contribution >= 4 is 0 Å². The van der Waals surface area contributed by atoms with Crippen LogP contribution in [0.2, 0.25) is 0 Å². The van der Waals surface area contributed by atoms with Crippen molar-refractivity contribution in [3.8, 4) is 11.9 Å². The molecule has 0 amide bonds. The zero-order valence-corrected chi connectivity index (χ0v) is 12.2. The minimum absolute atomic E-state index is 0.167. The molecule has 2 unspecified atom stereocenters. The van der Waals surface area contributed by atoms with Gasteiger partial charge >= 0.3 is 0 Å². The van der Waals surface area contributed by atoms with Crippen molar-refractivity contribution in [1.82, 2.24) is 4.98 Å². The molecule has 3 nitrogen and oxygen atoms in total. The van der Waals surface area contributed by atoms with E-state index in [1.165, 1.54) is 6.42 Å². The first-order chi connectivity index (χ1) is 8.91. The summed E-state index contributed by atoms with van der Waals surface area (Å²) in [7, 11) is 0. The third-order valence-electron chi connectivity index (χ3n) is 3.86. The van der Waals surface area contributed by atoms with E-state index in [9.17, 15) is 5.26 Å². The lowest BCUT2D eigenvalue weighted by Gasteiger charge is -2.38. The molecule has 1 aliphatic rings. The predicted octanol–water partition coefficient (Wildman–Crippen LogP) is 3.86. The van der Waals surface area contributed by atoms with Crippen molar-refractivity contribution in [1.29, 1.82) is 5.26 Å². The van der Waals surface area contributed by atoms with Gasteiger partial charge in [-0.1, -0.05) is 20.8 Å². The number of hydrogen-bond acceptors (Lipinski definition) is 3. The fraction of sp³-hybridized carbons (Fsp3) is 0.625. The molecule has 1 saturated carbocycles. The second kappa shape index (κ2) is 5.21. The quantitative estimate of drug-likeness (QED) is 0.809. The zero-order chi connectivity index (χ0) is 14.0. The summed E-state index contributed by atoms with van der Waals surface area (Å²) in [5.74, 6) is 1.15. The highest BCUT2D eigenvalue weighted by molar-refractivity contribution is 5.43. The number of nitrogens with zero attached hydrogens (tertiary/aromatic N) is 2. The van der Waals surface area contributed by atoms with Crippen molar-refractivity contribution in [2.24, 2.45) is 11.3 Å². The maximum absolute atomic E-state index is 9.21. The largest absolute Gasteiger partial charge is 0.473 e. The van der Waals surface area contributed by atoms with Gasteiger partial charge in [-0.25, -0.2) is 4.98 Å². The third kappa shape index (κ3) is 3.26. The van der Waals surface area contributed by atoms with Crippen molar-refractivity contribution < 1.29 is 4.74 Å². The minimum atomic E-state index is 0.167. The Hall–Kier alpha value is -1.56. The number of rotatable bonds is 2. The number of ether oxygens (including phenoxy) is 1. The average Bonchev–Trinajstić information content (AvgIpc) is 2.26. The van der Waals surface area contributed by atoms with E-state index < -0.39 is 0 Å². The van der Waals surface area contributed by atoms with Gasteiger partial charge in [0.1, 0.15) is 17.7 Å². The summed E-state index contributed by atoms with van der Waals surface area (Å²) in [5.41, 5.74) is 1.80. The van der Waals surface area contributed by atoms with Crippen LogP contribution in [0.3, 0.4) is 0 Å². The highest BCUT2D eigenvalue weighted by Crippen LogP contribution is 2.40. The second-order valence-corrected chi connectivity index (χ2v) is 6.57. The smallest absolute Gasteiger partial charge is 0.232 e. The SMILES string of the molecule is Cc1ccnc(OC2CC(C)CC(C)(C)C2)c1C#N. The predicted molar refractivity (Wildman–Crippen MR) is 74.9 cm³/mol. The average molecular weight is 258 g/mol. The van der Waals surface area contributed by atoms with Gasteiger partial charge in [0.2, 0.25) is 5.88 Å². The first-order valence-corrected chi connectivity index (χ1v) is 6.93. The van der Waals surface area contributed by atoms with Gasteiger partial charge in [0, 0.05) is 6.20 Å². The van der Waals surface area contributed by atoms with E-state index in [-0.39, 0.29) is 6.10 Å². The summed E-state index contributed by atoms with van der Waals surface area (Å²) in [5, 5.41) is 9.21. The molecule has 0 saturated heterocycles. The number of aryl methyl sites for hydroxylation is 1. The number of aromatic nitrogens is 1. The molecule has 1 aromatic heterocycles. The summed E-state index contributed by atoms with van der Waals surface area (Å²) in [6, 6.07) is 4.04. The number of pyridine rings is 1. The highest BCUT2D eigenvalue weighted by Gasteiger charge is 2.33. The highest BCUT2D eigenvalue weighted by atomic mass is 16.5. The molecule has 2 atom stereocenters. The van der Waals surface area contributed by atoms with E-state index in [1.54, 1.807) is 6.20 Å². The van der Waals surface area contributed by atoms with Crippen LogP contribution >= 0.6 is 0 Å². The van der Waals surface area contributed by atoms with Gasteiger partial charge in [-0.3, -0.25) is 0 Å². The van der Waals surface area contributed by atoms with Gasteiger partial charge in [-0.2, -0.15) is 5.26 Å². The molecule has 1 heterocycles. The Morgan fingerprint density at radius 3 is 2.79 bits per heavy atom. The fourth-order valence-corrected chi connectivity index (χ4v) is 3.26.